The average Bonchev–Trinajstić information content (AvgIpc) is 3.01. The molecule has 1 N–H and O–H groups in total. The summed E-state index contributed by atoms with van der Waals surface area (Å²) in [6.45, 7) is 11.6. The van der Waals surface area contributed by atoms with Crippen LogP contribution < -0.4 is 0 Å². The van der Waals surface area contributed by atoms with E-state index in [0.717, 1.165) is 42.8 Å². The number of aromatic nitrogens is 2. The number of aryl methyl sites for hydroxylation is 2. The predicted molar refractivity (Wildman–Crippen MR) is 80.6 cm³/mol. The molecule has 1 fully saturated rings. The molecule has 1 aliphatic heterocycles. The fourth-order valence-electron chi connectivity index (χ4n) is 3.20. The molecule has 1 saturated heterocycles. The number of nitrogens with zero attached hydrogens (tertiary/aromatic N) is 2. The Bertz CT molecular complexity index is 470. The standard InChI is InChI=1S/C16H27N3O/c1-6-16(4,5)14-8-7-9-19(14)15(20)10-13-11(2)17-18-12(13)3/h14H,6-10H2,1-5H3,(H,17,18)/t14-/m0/s1. The van der Waals surface area contributed by atoms with Gasteiger partial charge in [0.25, 0.3) is 0 Å². The Kier molecular flexibility index (Phi) is 4.21. The van der Waals surface area contributed by atoms with Gasteiger partial charge in [-0.1, -0.05) is 20.8 Å². The predicted octanol–water partition coefficient (Wildman–Crippen LogP) is 3.00. The molecule has 0 aliphatic carbocycles. The molecule has 1 amide bonds. The maximum atomic E-state index is 12.7. The fraction of sp³-hybridized carbons (Fsp3) is 0.750. The van der Waals surface area contributed by atoms with Crippen molar-refractivity contribution < 1.29 is 4.79 Å². The number of rotatable bonds is 4. The maximum Gasteiger partial charge on any atom is 0.227 e. The van der Waals surface area contributed by atoms with E-state index in [1.165, 1.54) is 0 Å². The highest BCUT2D eigenvalue weighted by Crippen LogP contribution is 2.36. The van der Waals surface area contributed by atoms with E-state index in [-0.39, 0.29) is 11.3 Å². The van der Waals surface area contributed by atoms with Gasteiger partial charge in [-0.15, -0.1) is 0 Å². The summed E-state index contributed by atoms with van der Waals surface area (Å²) in [5.74, 6) is 0.252. The molecule has 4 heteroatoms. The van der Waals surface area contributed by atoms with Crippen molar-refractivity contribution >= 4 is 5.91 Å². The van der Waals surface area contributed by atoms with Gasteiger partial charge in [0.2, 0.25) is 5.91 Å². The van der Waals surface area contributed by atoms with Crippen molar-refractivity contribution in [1.82, 2.24) is 15.1 Å². The quantitative estimate of drug-likeness (QED) is 0.919. The second kappa shape index (κ2) is 5.58. The lowest BCUT2D eigenvalue weighted by Crippen LogP contribution is -2.44. The minimum Gasteiger partial charge on any atom is -0.339 e. The number of aromatic amines is 1. The summed E-state index contributed by atoms with van der Waals surface area (Å²) in [4.78, 5) is 14.8. The van der Waals surface area contributed by atoms with E-state index < -0.39 is 0 Å². The first kappa shape index (κ1) is 15.1. The molecule has 0 aromatic carbocycles. The first-order chi connectivity index (χ1) is 9.36. The van der Waals surface area contributed by atoms with Crippen LogP contribution in [0.25, 0.3) is 0 Å². The molecule has 1 aliphatic rings. The van der Waals surface area contributed by atoms with Crippen LogP contribution in [0.2, 0.25) is 0 Å². The van der Waals surface area contributed by atoms with Crippen LogP contribution in [0.4, 0.5) is 0 Å². The normalized spacial score (nSPS) is 19.6. The zero-order valence-electron chi connectivity index (χ0n) is 13.4. The minimum atomic E-state index is 0.201. The monoisotopic (exact) mass is 277 g/mol. The molecule has 0 spiro atoms. The van der Waals surface area contributed by atoms with Crippen LogP contribution in [0.3, 0.4) is 0 Å². The van der Waals surface area contributed by atoms with Crippen LogP contribution in [0, 0.1) is 19.3 Å². The van der Waals surface area contributed by atoms with E-state index in [9.17, 15) is 4.79 Å². The van der Waals surface area contributed by atoms with Gasteiger partial charge in [-0.2, -0.15) is 5.10 Å². The van der Waals surface area contributed by atoms with E-state index in [1.54, 1.807) is 0 Å². The first-order valence-corrected chi connectivity index (χ1v) is 7.66. The smallest absolute Gasteiger partial charge is 0.227 e. The Morgan fingerprint density at radius 2 is 2.15 bits per heavy atom. The van der Waals surface area contributed by atoms with Crippen LogP contribution in [0.15, 0.2) is 0 Å². The van der Waals surface area contributed by atoms with E-state index >= 15 is 0 Å². The summed E-state index contributed by atoms with van der Waals surface area (Å²) in [5, 5.41) is 7.15. The van der Waals surface area contributed by atoms with Gasteiger partial charge in [-0.3, -0.25) is 9.89 Å². The number of carbonyl (C=O) groups excluding carboxylic acids is 1. The largest absolute Gasteiger partial charge is 0.339 e. The molecule has 4 nitrogen and oxygen atoms in total. The van der Waals surface area contributed by atoms with Crippen LogP contribution in [-0.4, -0.2) is 33.6 Å². The Morgan fingerprint density at radius 1 is 1.45 bits per heavy atom. The molecule has 2 rings (SSSR count). The number of H-pyrrole nitrogens is 1. The van der Waals surface area contributed by atoms with Crippen molar-refractivity contribution in [3.05, 3.63) is 17.0 Å². The molecular weight excluding hydrogens is 250 g/mol. The van der Waals surface area contributed by atoms with Gasteiger partial charge in [0.05, 0.1) is 12.1 Å². The van der Waals surface area contributed by atoms with Crippen LogP contribution >= 0.6 is 0 Å². The minimum absolute atomic E-state index is 0.201. The fourth-order valence-corrected chi connectivity index (χ4v) is 3.20. The molecule has 0 unspecified atom stereocenters. The summed E-state index contributed by atoms with van der Waals surface area (Å²) >= 11 is 0. The van der Waals surface area contributed by atoms with E-state index in [2.05, 4.69) is 35.9 Å². The van der Waals surface area contributed by atoms with Crippen molar-refractivity contribution in [2.45, 2.75) is 66.3 Å². The van der Waals surface area contributed by atoms with Gasteiger partial charge < -0.3 is 4.90 Å². The second-order valence-electron chi connectivity index (χ2n) is 6.68. The van der Waals surface area contributed by atoms with Crippen molar-refractivity contribution in [3.63, 3.8) is 0 Å². The lowest BCUT2D eigenvalue weighted by molar-refractivity contribution is -0.133. The molecule has 20 heavy (non-hydrogen) atoms. The molecule has 0 saturated carbocycles. The average molecular weight is 277 g/mol. The number of likely N-dealkylation sites (tertiary alicyclic amines) is 1. The third-order valence-electron chi connectivity index (χ3n) is 5.00. The second-order valence-corrected chi connectivity index (χ2v) is 6.68. The van der Waals surface area contributed by atoms with Gasteiger partial charge in [0.15, 0.2) is 0 Å². The number of carbonyl (C=O) groups is 1. The Balaban J connectivity index is 2.13. The van der Waals surface area contributed by atoms with Crippen LogP contribution in [0.1, 0.15) is 57.0 Å². The van der Waals surface area contributed by atoms with Gasteiger partial charge in [-0.05, 0) is 38.5 Å². The molecule has 0 radical (unpaired) electrons. The zero-order chi connectivity index (χ0) is 14.9. The van der Waals surface area contributed by atoms with Crippen molar-refractivity contribution in [1.29, 1.82) is 0 Å². The van der Waals surface area contributed by atoms with Gasteiger partial charge in [0.1, 0.15) is 0 Å². The van der Waals surface area contributed by atoms with Crippen LogP contribution in [-0.2, 0) is 11.2 Å². The number of hydrogen-bond donors (Lipinski definition) is 1. The highest BCUT2D eigenvalue weighted by atomic mass is 16.2. The summed E-state index contributed by atoms with van der Waals surface area (Å²) in [6.07, 6.45) is 3.84. The van der Waals surface area contributed by atoms with E-state index in [4.69, 9.17) is 0 Å². The topological polar surface area (TPSA) is 49.0 Å². The SMILES string of the molecule is CCC(C)(C)[C@@H]1CCCN1C(=O)Cc1c(C)n[nH]c1C. The van der Waals surface area contributed by atoms with Crippen molar-refractivity contribution in [2.24, 2.45) is 5.41 Å². The molecular formula is C16H27N3O. The van der Waals surface area contributed by atoms with Crippen molar-refractivity contribution in [3.8, 4) is 0 Å². The first-order valence-electron chi connectivity index (χ1n) is 7.66. The van der Waals surface area contributed by atoms with Gasteiger partial charge in [0, 0.05) is 23.8 Å². The molecule has 1 aromatic rings. The molecule has 2 heterocycles. The van der Waals surface area contributed by atoms with Gasteiger partial charge >= 0.3 is 0 Å². The summed E-state index contributed by atoms with van der Waals surface area (Å²) < 4.78 is 0. The van der Waals surface area contributed by atoms with Crippen LogP contribution in [0.5, 0.6) is 0 Å². The molecule has 1 aromatic heterocycles. The molecule has 0 bridgehead atoms. The van der Waals surface area contributed by atoms with E-state index in [0.29, 0.717) is 12.5 Å². The zero-order valence-corrected chi connectivity index (χ0v) is 13.4. The summed E-state index contributed by atoms with van der Waals surface area (Å²) in [7, 11) is 0. The number of hydrogen-bond acceptors (Lipinski definition) is 2. The lowest BCUT2D eigenvalue weighted by Gasteiger charge is -2.37. The van der Waals surface area contributed by atoms with E-state index in [1.807, 2.05) is 13.8 Å². The number of nitrogens with one attached hydrogen (secondary N) is 1. The highest BCUT2D eigenvalue weighted by molar-refractivity contribution is 5.80. The maximum absolute atomic E-state index is 12.7. The highest BCUT2D eigenvalue weighted by Gasteiger charge is 2.38. The van der Waals surface area contributed by atoms with Crippen molar-refractivity contribution in [2.75, 3.05) is 6.54 Å². The third kappa shape index (κ3) is 2.74. The Labute approximate surface area is 121 Å². The Hall–Kier alpha value is -1.32. The van der Waals surface area contributed by atoms with Gasteiger partial charge in [-0.25, -0.2) is 0 Å². The Morgan fingerprint density at radius 3 is 2.70 bits per heavy atom. The number of amides is 1. The third-order valence-corrected chi connectivity index (χ3v) is 5.00. The summed E-state index contributed by atoms with van der Waals surface area (Å²) in [5.41, 5.74) is 3.23. The molecule has 1 atom stereocenters. The lowest BCUT2D eigenvalue weighted by atomic mass is 9.80. The summed E-state index contributed by atoms with van der Waals surface area (Å²) in [6, 6.07) is 0.382. The molecule has 112 valence electrons.